The highest BCUT2D eigenvalue weighted by molar-refractivity contribution is 7.15. The fraction of sp³-hybridized carbons (Fsp3) is 0.222. The van der Waals surface area contributed by atoms with Gasteiger partial charge >= 0.3 is 0 Å². The summed E-state index contributed by atoms with van der Waals surface area (Å²) in [5, 5.41) is 8.62. The summed E-state index contributed by atoms with van der Waals surface area (Å²) in [6.07, 6.45) is 0. The number of thiazole rings is 1. The first-order valence-electron chi connectivity index (χ1n) is 8.00. The zero-order valence-corrected chi connectivity index (χ0v) is 15.9. The smallest absolute Gasteiger partial charge is 0.266 e. The van der Waals surface area contributed by atoms with E-state index in [1.807, 2.05) is 13.8 Å². The second-order valence-corrected chi connectivity index (χ2v) is 7.33. The lowest BCUT2D eigenvalue weighted by Crippen LogP contribution is -2.31. The van der Waals surface area contributed by atoms with Crippen LogP contribution in [-0.4, -0.2) is 27.2 Å². The molecule has 0 unspecified atom stereocenters. The van der Waals surface area contributed by atoms with Gasteiger partial charge in [0.2, 0.25) is 0 Å². The van der Waals surface area contributed by atoms with E-state index >= 15 is 0 Å². The Hall–Kier alpha value is -2.51. The second-order valence-electron chi connectivity index (χ2n) is 5.69. The number of benzene rings is 1. The molecule has 0 aliphatic carbocycles. The molecule has 0 saturated heterocycles. The Morgan fingerprint density at radius 1 is 1.27 bits per heavy atom. The summed E-state index contributed by atoms with van der Waals surface area (Å²) in [6, 6.07) is 9.87. The molecule has 2 heterocycles. The Labute approximate surface area is 159 Å². The van der Waals surface area contributed by atoms with Crippen LogP contribution in [0.1, 0.15) is 21.1 Å². The van der Waals surface area contributed by atoms with Crippen molar-refractivity contribution in [3.8, 4) is 10.6 Å². The topological polar surface area (TPSA) is 76.9 Å². The van der Waals surface area contributed by atoms with E-state index < -0.39 is 0 Å². The molecule has 3 aromatic rings. The predicted molar refractivity (Wildman–Crippen MR) is 103 cm³/mol. The van der Waals surface area contributed by atoms with Crippen LogP contribution in [0.25, 0.3) is 10.6 Å². The Morgan fingerprint density at radius 2 is 2.08 bits per heavy atom. The zero-order chi connectivity index (χ0) is 18.7. The van der Waals surface area contributed by atoms with E-state index in [-0.39, 0.29) is 24.6 Å². The van der Waals surface area contributed by atoms with E-state index in [9.17, 15) is 9.59 Å². The van der Waals surface area contributed by atoms with E-state index in [2.05, 4.69) is 15.4 Å². The van der Waals surface area contributed by atoms with Gasteiger partial charge in [0.1, 0.15) is 5.69 Å². The number of nitrogens with zero attached hydrogens (tertiary/aromatic N) is 3. The lowest BCUT2D eigenvalue weighted by molar-refractivity contribution is 0.0951. The fourth-order valence-electron chi connectivity index (χ4n) is 2.51. The molecule has 1 aromatic carbocycles. The number of amides is 1. The first-order chi connectivity index (χ1) is 12.4. The van der Waals surface area contributed by atoms with Crippen LogP contribution in [0.3, 0.4) is 0 Å². The minimum Gasteiger partial charge on any atom is -0.350 e. The first-order valence-corrected chi connectivity index (χ1v) is 9.20. The number of rotatable bonds is 5. The molecular formula is C18H17ClN4O2S. The summed E-state index contributed by atoms with van der Waals surface area (Å²) in [4.78, 5) is 29.5. The number of halogens is 1. The Bertz CT molecular complexity index is 1010. The molecule has 0 saturated carbocycles. The monoisotopic (exact) mass is 388 g/mol. The van der Waals surface area contributed by atoms with Crippen molar-refractivity contribution in [2.45, 2.75) is 20.4 Å². The van der Waals surface area contributed by atoms with Gasteiger partial charge in [0.05, 0.1) is 22.1 Å². The van der Waals surface area contributed by atoms with Gasteiger partial charge in [-0.3, -0.25) is 9.59 Å². The molecular weight excluding hydrogens is 372 g/mol. The molecule has 3 rings (SSSR count). The summed E-state index contributed by atoms with van der Waals surface area (Å²) >= 11 is 7.43. The van der Waals surface area contributed by atoms with Crippen molar-refractivity contribution in [3.05, 3.63) is 68.0 Å². The number of nitrogens with one attached hydrogen (secondary N) is 1. The van der Waals surface area contributed by atoms with Crippen molar-refractivity contribution >= 4 is 28.8 Å². The van der Waals surface area contributed by atoms with Crippen LogP contribution < -0.4 is 10.9 Å². The highest BCUT2D eigenvalue weighted by Gasteiger charge is 2.11. The van der Waals surface area contributed by atoms with Crippen LogP contribution in [0.5, 0.6) is 0 Å². The summed E-state index contributed by atoms with van der Waals surface area (Å²) in [5.74, 6) is -0.245. The Balaban J connectivity index is 1.70. The molecule has 0 radical (unpaired) electrons. The van der Waals surface area contributed by atoms with Crippen molar-refractivity contribution in [1.29, 1.82) is 0 Å². The van der Waals surface area contributed by atoms with Gasteiger partial charge in [-0.25, -0.2) is 9.67 Å². The molecule has 0 aliphatic rings. The highest BCUT2D eigenvalue weighted by Crippen LogP contribution is 2.27. The van der Waals surface area contributed by atoms with E-state index in [1.54, 1.807) is 30.3 Å². The third-order valence-corrected chi connectivity index (χ3v) is 5.03. The molecule has 0 atom stereocenters. The van der Waals surface area contributed by atoms with Crippen LogP contribution in [-0.2, 0) is 6.54 Å². The summed E-state index contributed by atoms with van der Waals surface area (Å²) in [7, 11) is 0. The summed E-state index contributed by atoms with van der Waals surface area (Å²) in [5.41, 5.74) is 1.85. The molecule has 26 heavy (non-hydrogen) atoms. The van der Waals surface area contributed by atoms with Gasteiger partial charge in [0.25, 0.3) is 11.5 Å². The SMILES string of the molecule is Cc1nc(C)c(-c2ccc(=O)n(CCNC(=O)c3cccc(Cl)c3)n2)s1. The van der Waals surface area contributed by atoms with E-state index in [1.165, 1.54) is 22.1 Å². The number of aryl methyl sites for hydroxylation is 2. The van der Waals surface area contributed by atoms with Crippen molar-refractivity contribution in [2.75, 3.05) is 6.54 Å². The van der Waals surface area contributed by atoms with E-state index in [4.69, 9.17) is 11.6 Å². The average molecular weight is 389 g/mol. The highest BCUT2D eigenvalue weighted by atomic mass is 35.5. The van der Waals surface area contributed by atoms with Crippen LogP contribution >= 0.6 is 22.9 Å². The molecule has 0 spiro atoms. The van der Waals surface area contributed by atoms with Gasteiger partial charge in [-0.15, -0.1) is 11.3 Å². The van der Waals surface area contributed by atoms with E-state index in [0.717, 1.165) is 15.6 Å². The van der Waals surface area contributed by atoms with Crippen molar-refractivity contribution in [1.82, 2.24) is 20.1 Å². The van der Waals surface area contributed by atoms with Crippen LogP contribution in [0.2, 0.25) is 5.02 Å². The number of aromatic nitrogens is 3. The molecule has 6 nitrogen and oxygen atoms in total. The molecule has 0 bridgehead atoms. The maximum absolute atomic E-state index is 12.1. The number of carbonyl (C=O) groups is 1. The molecule has 8 heteroatoms. The second kappa shape index (κ2) is 7.80. The lowest BCUT2D eigenvalue weighted by Gasteiger charge is -2.08. The summed E-state index contributed by atoms with van der Waals surface area (Å²) < 4.78 is 1.35. The van der Waals surface area contributed by atoms with Gasteiger partial charge in [-0.05, 0) is 38.1 Å². The Morgan fingerprint density at radius 3 is 2.77 bits per heavy atom. The average Bonchev–Trinajstić information content (AvgIpc) is 2.95. The van der Waals surface area contributed by atoms with Gasteiger partial charge in [0.15, 0.2) is 0 Å². The Kier molecular flexibility index (Phi) is 5.49. The standard InChI is InChI=1S/C18H17ClN4O2S/c1-11-17(26-12(2)21-11)15-6-7-16(24)23(22-15)9-8-20-18(25)13-4-3-5-14(19)10-13/h3-7,10H,8-9H2,1-2H3,(H,20,25). The number of carbonyl (C=O) groups excluding carboxylic acids is 1. The molecule has 0 aliphatic heterocycles. The van der Waals surface area contributed by atoms with Crippen molar-refractivity contribution < 1.29 is 4.79 Å². The van der Waals surface area contributed by atoms with E-state index in [0.29, 0.717) is 16.3 Å². The number of hydrogen-bond acceptors (Lipinski definition) is 5. The maximum Gasteiger partial charge on any atom is 0.266 e. The van der Waals surface area contributed by atoms with Crippen LogP contribution in [0.4, 0.5) is 0 Å². The largest absolute Gasteiger partial charge is 0.350 e. The molecule has 0 fully saturated rings. The third-order valence-electron chi connectivity index (χ3n) is 3.70. The fourth-order valence-corrected chi connectivity index (χ4v) is 3.58. The van der Waals surface area contributed by atoms with Crippen LogP contribution in [0, 0.1) is 13.8 Å². The minimum absolute atomic E-state index is 0.218. The summed E-state index contributed by atoms with van der Waals surface area (Å²) in [6.45, 7) is 4.40. The molecule has 2 aromatic heterocycles. The lowest BCUT2D eigenvalue weighted by atomic mass is 10.2. The minimum atomic E-state index is -0.245. The van der Waals surface area contributed by atoms with Gasteiger partial charge in [-0.2, -0.15) is 5.10 Å². The van der Waals surface area contributed by atoms with Gasteiger partial charge in [-0.1, -0.05) is 17.7 Å². The molecule has 1 amide bonds. The van der Waals surface area contributed by atoms with Crippen LogP contribution in [0.15, 0.2) is 41.2 Å². The molecule has 134 valence electrons. The first kappa shape index (κ1) is 18.3. The maximum atomic E-state index is 12.1. The third kappa shape index (κ3) is 4.17. The molecule has 1 N–H and O–H groups in total. The van der Waals surface area contributed by atoms with Gasteiger partial charge in [0, 0.05) is 23.2 Å². The zero-order valence-electron chi connectivity index (χ0n) is 14.3. The van der Waals surface area contributed by atoms with Gasteiger partial charge < -0.3 is 5.32 Å². The number of hydrogen-bond donors (Lipinski definition) is 1. The predicted octanol–water partition coefficient (Wildman–Crippen LogP) is 3.07. The van der Waals surface area contributed by atoms with Crippen molar-refractivity contribution in [3.63, 3.8) is 0 Å². The van der Waals surface area contributed by atoms with Crippen molar-refractivity contribution in [2.24, 2.45) is 0 Å². The quantitative estimate of drug-likeness (QED) is 0.728. The normalized spacial score (nSPS) is 10.7.